The van der Waals surface area contributed by atoms with Gasteiger partial charge in [0.2, 0.25) is 0 Å². The molecular weight excluding hydrogens is 364 g/mol. The Morgan fingerprint density at radius 2 is 1.81 bits per heavy atom. The van der Waals surface area contributed by atoms with E-state index >= 15 is 0 Å². The Balaban J connectivity index is 1.71. The summed E-state index contributed by atoms with van der Waals surface area (Å²) in [4.78, 5) is 7.10. The van der Waals surface area contributed by atoms with Crippen LogP contribution in [0.25, 0.3) is 16.9 Å². The zero-order valence-corrected chi connectivity index (χ0v) is 16.2. The van der Waals surface area contributed by atoms with E-state index in [1.54, 1.807) is 20.3 Å². The molecule has 0 atom stereocenters. The van der Waals surface area contributed by atoms with E-state index in [9.17, 15) is 0 Å². The molecule has 1 aliphatic heterocycles. The second kappa shape index (κ2) is 7.29. The maximum Gasteiger partial charge on any atom is 0.141 e. The molecule has 1 aromatic carbocycles. The lowest BCUT2D eigenvalue weighted by molar-refractivity contribution is 0.395. The number of anilines is 1. The van der Waals surface area contributed by atoms with Gasteiger partial charge in [-0.15, -0.1) is 0 Å². The molecule has 6 nitrogen and oxygen atoms in total. The van der Waals surface area contributed by atoms with E-state index in [2.05, 4.69) is 17.2 Å². The minimum absolute atomic E-state index is 0.317. The molecule has 4 rings (SSSR count). The van der Waals surface area contributed by atoms with Crippen molar-refractivity contribution in [2.24, 2.45) is 5.73 Å². The van der Waals surface area contributed by atoms with Crippen LogP contribution in [-0.2, 0) is 0 Å². The highest BCUT2D eigenvalue weighted by Gasteiger charge is 2.18. The number of piperidine rings is 1. The van der Waals surface area contributed by atoms with Crippen LogP contribution in [0, 0.1) is 0 Å². The van der Waals surface area contributed by atoms with Crippen molar-refractivity contribution in [3.63, 3.8) is 0 Å². The summed E-state index contributed by atoms with van der Waals surface area (Å²) in [6, 6.07) is 8.07. The van der Waals surface area contributed by atoms with Crippen molar-refractivity contribution in [1.29, 1.82) is 0 Å². The predicted molar refractivity (Wildman–Crippen MR) is 108 cm³/mol. The summed E-state index contributed by atoms with van der Waals surface area (Å²) in [7, 11) is 3.21. The molecule has 27 heavy (non-hydrogen) atoms. The number of halogens is 1. The van der Waals surface area contributed by atoms with Crippen LogP contribution in [0.3, 0.4) is 0 Å². The molecule has 0 unspecified atom stereocenters. The molecule has 1 aliphatic rings. The van der Waals surface area contributed by atoms with Crippen molar-refractivity contribution in [3.05, 3.63) is 41.7 Å². The number of pyridine rings is 1. The number of benzene rings is 1. The number of ether oxygens (including phenoxy) is 2. The van der Waals surface area contributed by atoms with Gasteiger partial charge < -0.3 is 24.5 Å². The molecular formula is C20H23ClN4O2. The van der Waals surface area contributed by atoms with Gasteiger partial charge in [-0.25, -0.2) is 4.98 Å². The molecule has 0 aliphatic carbocycles. The average molecular weight is 387 g/mol. The van der Waals surface area contributed by atoms with Crippen molar-refractivity contribution in [2.45, 2.75) is 18.9 Å². The Morgan fingerprint density at radius 1 is 1.07 bits per heavy atom. The minimum Gasteiger partial charge on any atom is -0.496 e. The summed E-state index contributed by atoms with van der Waals surface area (Å²) in [6.45, 7) is 1.96. The molecule has 0 radical (unpaired) electrons. The van der Waals surface area contributed by atoms with Gasteiger partial charge in [0.05, 0.1) is 30.6 Å². The Kier molecular flexibility index (Phi) is 4.85. The molecule has 2 N–H and O–H groups in total. The predicted octanol–water partition coefficient (Wildman–Crippen LogP) is 3.60. The van der Waals surface area contributed by atoms with E-state index in [4.69, 9.17) is 31.8 Å². The lowest BCUT2D eigenvalue weighted by atomic mass is 10.1. The van der Waals surface area contributed by atoms with Gasteiger partial charge >= 0.3 is 0 Å². The van der Waals surface area contributed by atoms with Crippen molar-refractivity contribution >= 4 is 22.9 Å². The number of nitrogens with two attached hydrogens (primary N) is 1. The number of hydrogen-bond acceptors (Lipinski definition) is 5. The molecule has 0 bridgehead atoms. The first kappa shape index (κ1) is 17.9. The number of imidazole rings is 1. The van der Waals surface area contributed by atoms with E-state index in [-0.39, 0.29) is 0 Å². The number of methoxy groups -OCH3 is 2. The fraction of sp³-hybridized carbons (Fsp3) is 0.350. The van der Waals surface area contributed by atoms with E-state index in [1.165, 1.54) is 5.69 Å². The Morgan fingerprint density at radius 3 is 2.52 bits per heavy atom. The quantitative estimate of drug-likeness (QED) is 0.742. The first-order chi connectivity index (χ1) is 13.1. The van der Waals surface area contributed by atoms with Crippen molar-refractivity contribution < 1.29 is 9.47 Å². The summed E-state index contributed by atoms with van der Waals surface area (Å²) >= 11 is 6.31. The molecule has 3 aromatic rings. The van der Waals surface area contributed by atoms with Gasteiger partial charge in [-0.05, 0) is 31.0 Å². The van der Waals surface area contributed by atoms with Gasteiger partial charge in [-0.3, -0.25) is 0 Å². The normalized spacial score (nSPS) is 15.3. The molecule has 0 saturated carbocycles. The molecule has 0 spiro atoms. The van der Waals surface area contributed by atoms with Gasteiger partial charge in [0.1, 0.15) is 17.1 Å². The maximum atomic E-state index is 6.31. The SMILES string of the molecule is COc1cc(OC)c(-c2cn3cc(N4CCC(N)CC4)ccc3n2)cc1Cl. The van der Waals surface area contributed by atoms with Crippen LogP contribution >= 0.6 is 11.6 Å². The van der Waals surface area contributed by atoms with Crippen molar-refractivity contribution in [1.82, 2.24) is 9.38 Å². The van der Waals surface area contributed by atoms with Crippen LogP contribution in [0.1, 0.15) is 12.8 Å². The van der Waals surface area contributed by atoms with Gasteiger partial charge in [0.25, 0.3) is 0 Å². The molecule has 3 heterocycles. The van der Waals surface area contributed by atoms with Crippen LogP contribution in [-0.4, -0.2) is 42.7 Å². The number of hydrogen-bond donors (Lipinski definition) is 1. The molecule has 1 saturated heterocycles. The third-order valence-electron chi connectivity index (χ3n) is 5.09. The monoisotopic (exact) mass is 386 g/mol. The van der Waals surface area contributed by atoms with Gasteiger partial charge in [0, 0.05) is 43.2 Å². The number of fused-ring (bicyclic) bond motifs is 1. The summed E-state index contributed by atoms with van der Waals surface area (Å²) in [5.74, 6) is 1.25. The highest BCUT2D eigenvalue weighted by atomic mass is 35.5. The fourth-order valence-electron chi connectivity index (χ4n) is 3.51. The molecule has 0 amide bonds. The second-order valence-electron chi connectivity index (χ2n) is 6.79. The average Bonchev–Trinajstić information content (AvgIpc) is 3.11. The Bertz CT molecular complexity index is 964. The number of aromatic nitrogens is 2. The van der Waals surface area contributed by atoms with Crippen LogP contribution in [0.4, 0.5) is 5.69 Å². The summed E-state index contributed by atoms with van der Waals surface area (Å²) in [5, 5.41) is 0.524. The van der Waals surface area contributed by atoms with Crippen LogP contribution < -0.4 is 20.1 Å². The highest BCUT2D eigenvalue weighted by molar-refractivity contribution is 6.32. The van der Waals surface area contributed by atoms with Crippen LogP contribution in [0.2, 0.25) is 5.02 Å². The smallest absolute Gasteiger partial charge is 0.141 e. The van der Waals surface area contributed by atoms with E-state index in [1.807, 2.05) is 22.7 Å². The number of rotatable bonds is 4. The van der Waals surface area contributed by atoms with E-state index in [0.29, 0.717) is 22.6 Å². The standard InChI is InChI=1S/C20H23ClN4O2/c1-26-18-10-19(27-2)16(21)9-15(18)17-12-25-11-14(3-4-20(25)23-17)24-7-5-13(22)6-8-24/h3-4,9-13H,5-8,22H2,1-2H3. The minimum atomic E-state index is 0.317. The van der Waals surface area contributed by atoms with E-state index in [0.717, 1.165) is 42.8 Å². The summed E-state index contributed by atoms with van der Waals surface area (Å²) in [5.41, 5.74) is 9.70. The third kappa shape index (κ3) is 3.42. The van der Waals surface area contributed by atoms with Crippen molar-refractivity contribution in [3.8, 4) is 22.8 Å². The zero-order chi connectivity index (χ0) is 19.0. The molecule has 7 heteroatoms. The molecule has 1 fully saturated rings. The second-order valence-corrected chi connectivity index (χ2v) is 7.20. The van der Waals surface area contributed by atoms with Gasteiger partial charge in [-0.2, -0.15) is 0 Å². The summed E-state index contributed by atoms with van der Waals surface area (Å²) in [6.07, 6.45) is 6.15. The van der Waals surface area contributed by atoms with E-state index < -0.39 is 0 Å². The first-order valence-corrected chi connectivity index (χ1v) is 9.38. The lowest BCUT2D eigenvalue weighted by Crippen LogP contribution is -2.39. The molecule has 2 aromatic heterocycles. The zero-order valence-electron chi connectivity index (χ0n) is 15.5. The summed E-state index contributed by atoms with van der Waals surface area (Å²) < 4.78 is 12.8. The lowest BCUT2D eigenvalue weighted by Gasteiger charge is -2.31. The third-order valence-corrected chi connectivity index (χ3v) is 5.39. The Labute approximate surface area is 163 Å². The van der Waals surface area contributed by atoms with Gasteiger partial charge in [-0.1, -0.05) is 11.6 Å². The van der Waals surface area contributed by atoms with Crippen LogP contribution in [0.15, 0.2) is 36.7 Å². The topological polar surface area (TPSA) is 65.0 Å². The van der Waals surface area contributed by atoms with Gasteiger partial charge in [0.15, 0.2) is 0 Å². The number of nitrogens with zero attached hydrogens (tertiary/aromatic N) is 3. The Hall–Kier alpha value is -2.44. The largest absolute Gasteiger partial charge is 0.496 e. The highest BCUT2D eigenvalue weighted by Crippen LogP contribution is 2.38. The first-order valence-electron chi connectivity index (χ1n) is 9.00. The van der Waals surface area contributed by atoms with Crippen LogP contribution in [0.5, 0.6) is 11.5 Å². The molecule has 142 valence electrons. The fourth-order valence-corrected chi connectivity index (χ4v) is 3.76. The van der Waals surface area contributed by atoms with Crippen molar-refractivity contribution in [2.75, 3.05) is 32.2 Å². The maximum absolute atomic E-state index is 6.31.